The number of phenols is 1. The van der Waals surface area contributed by atoms with Crippen LogP contribution in [-0.4, -0.2) is 14.9 Å². The van der Waals surface area contributed by atoms with Gasteiger partial charge in [-0.05, 0) is 47.0 Å². The second-order valence-electron chi connectivity index (χ2n) is 9.51. The lowest BCUT2D eigenvalue weighted by molar-refractivity contribution is -0.141. The summed E-state index contributed by atoms with van der Waals surface area (Å²) in [6.07, 6.45) is -9.54. The maximum atomic E-state index is 13.8. The van der Waals surface area contributed by atoms with E-state index in [0.29, 0.717) is 0 Å². The maximum Gasteiger partial charge on any atom is 0.435 e. The lowest BCUT2D eigenvalue weighted by Crippen LogP contribution is -2.13. The van der Waals surface area contributed by atoms with E-state index in [1.807, 2.05) is 60.7 Å². The van der Waals surface area contributed by atoms with Gasteiger partial charge in [-0.25, -0.2) is 0 Å². The third kappa shape index (κ3) is 5.80. The zero-order chi connectivity index (χ0) is 30.2. The fourth-order valence-electron chi connectivity index (χ4n) is 4.77. The summed E-state index contributed by atoms with van der Waals surface area (Å²) in [7, 11) is 1.28. The molecule has 42 heavy (non-hydrogen) atoms. The predicted octanol–water partition coefficient (Wildman–Crippen LogP) is 9.35. The Balaban J connectivity index is 1.74. The van der Waals surface area contributed by atoms with Crippen molar-refractivity contribution in [1.82, 2.24) is 9.78 Å². The summed E-state index contributed by atoms with van der Waals surface area (Å²) in [6.45, 7) is 0. The Labute approximate surface area is 241 Å². The Morgan fingerprint density at radius 3 is 1.90 bits per heavy atom. The highest BCUT2D eigenvalue weighted by atomic mass is 35.5. The molecule has 0 aliphatic heterocycles. The van der Waals surface area contributed by atoms with Crippen molar-refractivity contribution in [2.45, 2.75) is 18.4 Å². The molecule has 0 saturated heterocycles. The summed E-state index contributed by atoms with van der Waals surface area (Å²) in [6, 6.07) is 24.9. The number of nitrogens with one attached hydrogen (secondary N) is 1. The largest absolute Gasteiger partial charge is 0.507 e. The summed E-state index contributed by atoms with van der Waals surface area (Å²) >= 11 is 5.87. The SMILES string of the molecule is Cn1nc(C(F)(F)F)cc1-c1ccc(NC(c2ccccc2)c2ccccc2)c(-c2ccc(Cl)c(C(F)(F)F)c2)c1O. The summed E-state index contributed by atoms with van der Waals surface area (Å²) < 4.78 is 82.6. The van der Waals surface area contributed by atoms with Crippen LogP contribution in [0.5, 0.6) is 5.75 Å². The van der Waals surface area contributed by atoms with Crippen LogP contribution in [0.1, 0.15) is 28.4 Å². The normalized spacial score (nSPS) is 12.1. The molecule has 11 heteroatoms. The number of phenolic OH excluding ortho intramolecular Hbond substituents is 1. The minimum absolute atomic E-state index is 0.0494. The number of rotatable bonds is 6. The summed E-state index contributed by atoms with van der Waals surface area (Å²) in [4.78, 5) is 0. The van der Waals surface area contributed by atoms with Crippen molar-refractivity contribution >= 4 is 17.3 Å². The third-order valence-electron chi connectivity index (χ3n) is 6.75. The third-order valence-corrected chi connectivity index (χ3v) is 7.08. The molecule has 0 saturated carbocycles. The Morgan fingerprint density at radius 1 is 0.786 bits per heavy atom. The van der Waals surface area contributed by atoms with E-state index in [9.17, 15) is 31.4 Å². The molecule has 1 aromatic heterocycles. The maximum absolute atomic E-state index is 13.8. The highest BCUT2D eigenvalue weighted by molar-refractivity contribution is 6.31. The van der Waals surface area contributed by atoms with Crippen molar-refractivity contribution in [2.24, 2.45) is 7.05 Å². The Kier molecular flexibility index (Phi) is 7.68. The molecule has 5 aromatic rings. The average molecular weight is 602 g/mol. The molecule has 216 valence electrons. The summed E-state index contributed by atoms with van der Waals surface area (Å²) in [5.41, 5.74) is -0.655. The lowest BCUT2D eigenvalue weighted by atomic mass is 9.94. The van der Waals surface area contributed by atoms with Gasteiger partial charge in [0, 0.05) is 23.9 Å². The van der Waals surface area contributed by atoms with Crippen molar-refractivity contribution in [3.8, 4) is 28.1 Å². The number of aryl methyl sites for hydroxylation is 1. The van der Waals surface area contributed by atoms with Gasteiger partial charge in [-0.1, -0.05) is 78.3 Å². The van der Waals surface area contributed by atoms with Crippen LogP contribution >= 0.6 is 11.6 Å². The van der Waals surface area contributed by atoms with Crippen LogP contribution in [0.25, 0.3) is 22.4 Å². The van der Waals surface area contributed by atoms with Crippen LogP contribution in [0, 0.1) is 0 Å². The van der Waals surface area contributed by atoms with Gasteiger partial charge in [0.1, 0.15) is 5.75 Å². The van der Waals surface area contributed by atoms with Gasteiger partial charge in [-0.3, -0.25) is 4.68 Å². The minimum Gasteiger partial charge on any atom is -0.507 e. The van der Waals surface area contributed by atoms with Gasteiger partial charge in [0.2, 0.25) is 0 Å². The highest BCUT2D eigenvalue weighted by Gasteiger charge is 2.36. The van der Waals surface area contributed by atoms with Crippen molar-refractivity contribution in [1.29, 1.82) is 0 Å². The molecule has 0 radical (unpaired) electrons. The predicted molar refractivity (Wildman–Crippen MR) is 149 cm³/mol. The Bertz CT molecular complexity index is 1680. The minimum atomic E-state index is -4.80. The molecule has 0 aliphatic rings. The zero-order valence-corrected chi connectivity index (χ0v) is 22.6. The Morgan fingerprint density at radius 2 is 1.38 bits per heavy atom. The van der Waals surface area contributed by atoms with Gasteiger partial charge in [-0.15, -0.1) is 0 Å². The number of hydrogen-bond donors (Lipinski definition) is 2. The summed E-state index contributed by atoms with van der Waals surface area (Å²) in [5.74, 6) is -0.535. The van der Waals surface area contributed by atoms with Gasteiger partial charge in [0.05, 0.1) is 22.3 Å². The van der Waals surface area contributed by atoms with E-state index in [1.54, 1.807) is 0 Å². The van der Waals surface area contributed by atoms with Crippen molar-refractivity contribution in [3.05, 3.63) is 124 Å². The summed E-state index contributed by atoms with van der Waals surface area (Å²) in [5, 5.41) is 17.9. The van der Waals surface area contributed by atoms with Crippen LogP contribution in [0.2, 0.25) is 5.02 Å². The molecule has 4 nitrogen and oxygen atoms in total. The molecule has 0 aliphatic carbocycles. The van der Waals surface area contributed by atoms with Gasteiger partial charge in [0.25, 0.3) is 0 Å². The molecule has 5 rings (SSSR count). The van der Waals surface area contributed by atoms with Gasteiger partial charge >= 0.3 is 12.4 Å². The second-order valence-corrected chi connectivity index (χ2v) is 9.92. The highest BCUT2D eigenvalue weighted by Crippen LogP contribution is 2.47. The zero-order valence-electron chi connectivity index (χ0n) is 21.8. The van der Waals surface area contributed by atoms with Gasteiger partial charge in [-0.2, -0.15) is 31.4 Å². The molecule has 0 unspecified atom stereocenters. The van der Waals surface area contributed by atoms with Crippen LogP contribution in [-0.2, 0) is 19.4 Å². The molecule has 1 heterocycles. The second kappa shape index (κ2) is 11.1. The first-order valence-corrected chi connectivity index (χ1v) is 12.9. The van der Waals surface area contributed by atoms with E-state index in [-0.39, 0.29) is 28.1 Å². The van der Waals surface area contributed by atoms with Gasteiger partial charge < -0.3 is 10.4 Å². The number of anilines is 1. The standard InChI is InChI=1S/C31H22ClF6N3O/c1-41-25(17-26(40-41)31(36,37)38)21-13-15-24(27(29(21)42)20-12-14-23(32)22(16-20)30(33,34)35)39-28(18-8-4-2-5-9-18)19-10-6-3-7-11-19/h2-17,28,39,42H,1H3. The molecule has 0 spiro atoms. The number of nitrogens with zero attached hydrogens (tertiary/aromatic N) is 2. The van der Waals surface area contributed by atoms with Crippen LogP contribution in [0.15, 0.2) is 97.1 Å². The molecular weight excluding hydrogens is 580 g/mol. The fourth-order valence-corrected chi connectivity index (χ4v) is 5.00. The first-order chi connectivity index (χ1) is 19.8. The quantitative estimate of drug-likeness (QED) is 0.191. The fraction of sp³-hybridized carbons (Fsp3) is 0.129. The number of hydrogen-bond acceptors (Lipinski definition) is 3. The number of benzene rings is 4. The number of aromatic nitrogens is 2. The monoisotopic (exact) mass is 601 g/mol. The van der Waals surface area contributed by atoms with Crippen LogP contribution < -0.4 is 5.32 Å². The molecular formula is C31H22ClF6N3O. The van der Waals surface area contributed by atoms with Crippen LogP contribution in [0.4, 0.5) is 32.0 Å². The van der Waals surface area contributed by atoms with E-state index >= 15 is 0 Å². The molecule has 2 N–H and O–H groups in total. The van der Waals surface area contributed by atoms with E-state index in [4.69, 9.17) is 11.6 Å². The van der Waals surface area contributed by atoms with Gasteiger partial charge in [0.15, 0.2) is 5.69 Å². The molecule has 0 amide bonds. The van der Waals surface area contributed by atoms with E-state index in [1.165, 1.54) is 25.2 Å². The lowest BCUT2D eigenvalue weighted by Gasteiger charge is -2.24. The Hall–Kier alpha value is -4.44. The van der Waals surface area contributed by atoms with Crippen molar-refractivity contribution < 1.29 is 31.4 Å². The topological polar surface area (TPSA) is 50.1 Å². The van der Waals surface area contributed by atoms with E-state index in [2.05, 4.69) is 10.4 Å². The first-order valence-electron chi connectivity index (χ1n) is 12.6. The van der Waals surface area contributed by atoms with Crippen LogP contribution in [0.3, 0.4) is 0 Å². The molecule has 4 aromatic carbocycles. The van der Waals surface area contributed by atoms with E-state index < -0.39 is 40.4 Å². The first kappa shape index (κ1) is 29.1. The molecule has 0 fully saturated rings. The molecule has 0 atom stereocenters. The average Bonchev–Trinajstić information content (AvgIpc) is 3.34. The number of alkyl halides is 6. The van der Waals surface area contributed by atoms with Crippen molar-refractivity contribution in [2.75, 3.05) is 5.32 Å². The number of aromatic hydroxyl groups is 1. The van der Waals surface area contributed by atoms with Crippen molar-refractivity contribution in [3.63, 3.8) is 0 Å². The number of halogens is 7. The molecule has 0 bridgehead atoms. The van der Waals surface area contributed by atoms with E-state index in [0.717, 1.165) is 34.0 Å². The smallest absolute Gasteiger partial charge is 0.435 e.